The van der Waals surface area contributed by atoms with Crippen LogP contribution in [0.5, 0.6) is 0 Å². The second-order valence-electron chi connectivity index (χ2n) is 15.5. The molecule has 6 aromatic rings. The number of fused-ring (bicyclic) bond motifs is 2. The first-order valence-corrected chi connectivity index (χ1v) is 20.4. The lowest BCUT2D eigenvalue weighted by molar-refractivity contribution is -0.124. The topological polar surface area (TPSA) is 116 Å². The largest absolute Gasteiger partial charge is 0.453 e. The minimum absolute atomic E-state index is 0.0947. The van der Waals surface area contributed by atoms with Crippen LogP contribution >= 0.6 is 0 Å². The summed E-state index contributed by atoms with van der Waals surface area (Å²) in [6, 6.07) is 36.7. The van der Waals surface area contributed by atoms with Gasteiger partial charge in [-0.1, -0.05) is 72.8 Å². The van der Waals surface area contributed by atoms with Crippen molar-refractivity contribution in [3.63, 3.8) is 0 Å². The first-order chi connectivity index (χ1) is 29.6. The van der Waals surface area contributed by atoms with Crippen molar-refractivity contribution in [3.05, 3.63) is 174 Å². The van der Waals surface area contributed by atoms with E-state index in [1.165, 1.54) is 12.3 Å². The molecule has 4 aromatic carbocycles. The fraction of sp³-hybridized carbons (Fsp3) is 0.245. The van der Waals surface area contributed by atoms with Gasteiger partial charge < -0.3 is 28.8 Å². The van der Waals surface area contributed by atoms with Crippen molar-refractivity contribution >= 4 is 46.4 Å². The lowest BCUT2D eigenvalue weighted by Gasteiger charge is -2.44. The van der Waals surface area contributed by atoms with Crippen molar-refractivity contribution in [1.29, 1.82) is 0 Å². The number of furan rings is 1. The predicted octanol–water partition coefficient (Wildman–Crippen LogP) is 9.47. The van der Waals surface area contributed by atoms with Crippen LogP contribution in [0.1, 0.15) is 89.4 Å². The summed E-state index contributed by atoms with van der Waals surface area (Å²) in [5.41, 5.74) is 4.30. The second-order valence-corrected chi connectivity index (χ2v) is 15.5. The number of rotatable bonds is 11. The number of pyridine rings is 1. The molecule has 61 heavy (non-hydrogen) atoms. The summed E-state index contributed by atoms with van der Waals surface area (Å²) in [4.78, 5) is 68.3. The molecule has 4 atom stereocenters. The number of halogens is 1. The summed E-state index contributed by atoms with van der Waals surface area (Å²) in [6.07, 6.45) is 3.02. The Balaban J connectivity index is 1.09. The van der Waals surface area contributed by atoms with Crippen molar-refractivity contribution in [3.8, 4) is 0 Å². The molecule has 0 aliphatic carbocycles. The van der Waals surface area contributed by atoms with Crippen LogP contribution in [-0.4, -0.2) is 47.8 Å². The van der Waals surface area contributed by atoms with E-state index in [4.69, 9.17) is 9.15 Å². The molecule has 4 amide bonds. The van der Waals surface area contributed by atoms with Gasteiger partial charge in [0.2, 0.25) is 11.8 Å². The Kier molecular flexibility index (Phi) is 11.9. The number of benzene rings is 4. The zero-order chi connectivity index (χ0) is 42.6. The van der Waals surface area contributed by atoms with E-state index >= 15 is 0 Å². The zero-order valence-electron chi connectivity index (χ0n) is 34.2. The van der Waals surface area contributed by atoms with Gasteiger partial charge in [0.15, 0.2) is 5.76 Å². The van der Waals surface area contributed by atoms with E-state index < -0.39 is 23.8 Å². The summed E-state index contributed by atoms with van der Waals surface area (Å²) in [5.74, 6) is -1.05. The number of methoxy groups -OCH3 is 1. The minimum Gasteiger partial charge on any atom is -0.453 e. The number of anilines is 4. The van der Waals surface area contributed by atoms with E-state index in [1.54, 1.807) is 38.8 Å². The molecule has 0 N–H and O–H groups in total. The molecule has 0 radical (unpaired) electrons. The Hall–Kier alpha value is -6.92. The molecule has 8 rings (SSSR count). The lowest BCUT2D eigenvalue weighted by atomic mass is 9.89. The third-order valence-electron chi connectivity index (χ3n) is 11.5. The third-order valence-corrected chi connectivity index (χ3v) is 11.5. The highest BCUT2D eigenvalue weighted by atomic mass is 19.1. The Morgan fingerprint density at radius 1 is 0.672 bits per heavy atom. The highest BCUT2D eigenvalue weighted by molar-refractivity contribution is 6.08. The van der Waals surface area contributed by atoms with Crippen LogP contribution in [0.2, 0.25) is 0 Å². The Morgan fingerprint density at radius 2 is 1.16 bits per heavy atom. The molecule has 12 heteroatoms. The van der Waals surface area contributed by atoms with Crippen LogP contribution in [0, 0.1) is 5.82 Å². The summed E-state index contributed by atoms with van der Waals surface area (Å²) >= 11 is 0. The normalized spacial score (nSPS) is 18.2. The van der Waals surface area contributed by atoms with E-state index in [0.29, 0.717) is 41.4 Å². The number of aromatic nitrogens is 1. The monoisotopic (exact) mass is 819 g/mol. The lowest BCUT2D eigenvalue weighted by Crippen LogP contribution is -2.48. The van der Waals surface area contributed by atoms with Crippen LogP contribution in [0.3, 0.4) is 0 Å². The first-order valence-electron chi connectivity index (χ1n) is 20.4. The molecule has 310 valence electrons. The number of carbonyl (C=O) groups excluding carboxylic acids is 4. The number of nitrogens with zero attached hydrogens (tertiary/aromatic N) is 5. The van der Waals surface area contributed by atoms with Crippen LogP contribution in [0.4, 0.5) is 27.1 Å². The van der Waals surface area contributed by atoms with Crippen LogP contribution in [0.15, 0.2) is 144 Å². The van der Waals surface area contributed by atoms with E-state index in [1.807, 2.05) is 123 Å². The van der Waals surface area contributed by atoms with Crippen molar-refractivity contribution in [2.24, 2.45) is 0 Å². The average molecular weight is 820 g/mol. The first kappa shape index (κ1) is 40.8. The number of ether oxygens (including phenoxy) is 1. The maximum atomic E-state index is 14.8. The van der Waals surface area contributed by atoms with Crippen molar-refractivity contribution in [2.45, 2.75) is 70.3 Å². The Morgan fingerprint density at radius 3 is 1.67 bits per heavy atom. The molecule has 4 heterocycles. The molecular weight excluding hydrogens is 774 g/mol. The standard InChI is InChI=1S/C49H46FN5O6/c1-32-26-43(39-18-10-12-20-41(39)52(32)48(58)34-28-35(50)30-51-29-34)54(36-14-6-4-7-15-36)46(56)24-25-47(57)55(37-16-8-5-9-17-37)44-27-33(2)53(42-21-13-11-19-40(42)44)49(59)45-23-22-38(61-45)31-60-3/h4-23,28-30,32-33,43-44H,24-27,31H2,1-3H3. The van der Waals surface area contributed by atoms with E-state index in [9.17, 15) is 23.6 Å². The van der Waals surface area contributed by atoms with E-state index in [-0.39, 0.29) is 60.6 Å². The van der Waals surface area contributed by atoms with Gasteiger partial charge >= 0.3 is 0 Å². The third kappa shape index (κ3) is 8.18. The maximum absolute atomic E-state index is 14.8. The van der Waals surface area contributed by atoms with Crippen molar-refractivity contribution in [2.75, 3.05) is 26.7 Å². The van der Waals surface area contributed by atoms with Gasteiger partial charge in [0.1, 0.15) is 18.2 Å². The quantitative estimate of drug-likeness (QED) is 0.128. The van der Waals surface area contributed by atoms with E-state index in [2.05, 4.69) is 4.98 Å². The fourth-order valence-corrected chi connectivity index (χ4v) is 8.80. The summed E-state index contributed by atoms with van der Waals surface area (Å²) in [7, 11) is 1.56. The predicted molar refractivity (Wildman–Crippen MR) is 231 cm³/mol. The van der Waals surface area contributed by atoms with Gasteiger partial charge in [0, 0.05) is 61.0 Å². The number of amides is 4. The molecular formula is C49H46FN5O6. The van der Waals surface area contributed by atoms with Crippen LogP contribution in [-0.2, 0) is 20.9 Å². The summed E-state index contributed by atoms with van der Waals surface area (Å²) in [5, 5.41) is 0. The molecule has 0 spiro atoms. The van der Waals surface area contributed by atoms with E-state index in [0.717, 1.165) is 17.3 Å². The van der Waals surface area contributed by atoms with Crippen molar-refractivity contribution in [1.82, 2.24) is 4.98 Å². The highest BCUT2D eigenvalue weighted by Gasteiger charge is 2.41. The maximum Gasteiger partial charge on any atom is 0.294 e. The molecule has 0 saturated carbocycles. The van der Waals surface area contributed by atoms with Gasteiger partial charge in [-0.15, -0.1) is 0 Å². The molecule has 0 saturated heterocycles. The number of hydrogen-bond donors (Lipinski definition) is 0. The molecule has 2 aliphatic heterocycles. The molecule has 4 unspecified atom stereocenters. The fourth-order valence-electron chi connectivity index (χ4n) is 8.80. The number of hydrogen-bond acceptors (Lipinski definition) is 7. The zero-order valence-corrected chi connectivity index (χ0v) is 34.2. The average Bonchev–Trinajstić information content (AvgIpc) is 3.75. The molecule has 0 fully saturated rings. The van der Waals surface area contributed by atoms with Gasteiger partial charge in [-0.05, 0) is 92.4 Å². The smallest absolute Gasteiger partial charge is 0.294 e. The Bertz CT molecular complexity index is 2550. The SMILES string of the molecule is COCc1ccc(C(=O)N2c3ccccc3C(N(C(=O)CCC(=O)N(c3ccccc3)C3CC(C)N(C(=O)c4cncc(F)c4)c4ccccc43)c3ccccc3)CC2C)o1. The van der Waals surface area contributed by atoms with Gasteiger partial charge in [-0.2, -0.15) is 0 Å². The number of carbonyl (C=O) groups is 4. The molecule has 2 aromatic heterocycles. The van der Waals surface area contributed by atoms with Crippen LogP contribution < -0.4 is 19.6 Å². The van der Waals surface area contributed by atoms with Gasteiger partial charge in [0.05, 0.1) is 23.8 Å². The summed E-state index contributed by atoms with van der Waals surface area (Å²) in [6.45, 7) is 4.11. The van der Waals surface area contributed by atoms with Gasteiger partial charge in [-0.3, -0.25) is 24.2 Å². The molecule has 0 bridgehead atoms. The molecule has 11 nitrogen and oxygen atoms in total. The second kappa shape index (κ2) is 17.7. The highest BCUT2D eigenvalue weighted by Crippen LogP contribution is 2.45. The minimum atomic E-state index is -0.607. The number of para-hydroxylation sites is 4. The van der Waals surface area contributed by atoms with Crippen LogP contribution in [0.25, 0.3) is 0 Å². The molecule has 2 aliphatic rings. The van der Waals surface area contributed by atoms with Gasteiger partial charge in [0.25, 0.3) is 11.8 Å². The summed E-state index contributed by atoms with van der Waals surface area (Å²) < 4.78 is 25.2. The van der Waals surface area contributed by atoms with Crippen molar-refractivity contribution < 1.29 is 32.7 Å². The van der Waals surface area contributed by atoms with Gasteiger partial charge in [-0.25, -0.2) is 4.39 Å². The Labute approximate surface area is 354 Å².